The van der Waals surface area contributed by atoms with Gasteiger partial charge < -0.3 is 5.11 Å². The van der Waals surface area contributed by atoms with Crippen molar-refractivity contribution in [2.45, 2.75) is 6.92 Å². The third-order valence-electron chi connectivity index (χ3n) is 2.97. The Balaban J connectivity index is 1.80. The summed E-state index contributed by atoms with van der Waals surface area (Å²) in [6.07, 6.45) is 4.99. The summed E-state index contributed by atoms with van der Waals surface area (Å²) < 4.78 is 0. The summed E-state index contributed by atoms with van der Waals surface area (Å²) in [7, 11) is 0. The number of aromatic nitrogens is 2. The molecule has 2 N–H and O–H groups in total. The lowest BCUT2D eigenvalue weighted by Gasteiger charge is -2.10. The lowest BCUT2D eigenvalue weighted by molar-refractivity contribution is 0.358. The van der Waals surface area contributed by atoms with Gasteiger partial charge in [-0.25, -0.2) is 9.99 Å². The minimum atomic E-state index is 0.126. The molecule has 0 fully saturated rings. The van der Waals surface area contributed by atoms with E-state index in [4.69, 9.17) is 5.41 Å². The van der Waals surface area contributed by atoms with Crippen molar-refractivity contribution in [3.05, 3.63) is 51.9 Å². The first-order chi connectivity index (χ1) is 10.1. The lowest BCUT2D eigenvalue weighted by atomic mass is 10.2. The van der Waals surface area contributed by atoms with Crippen LogP contribution in [0.2, 0.25) is 0 Å². The highest BCUT2D eigenvalue weighted by Gasteiger charge is 2.29. The Hall–Kier alpha value is -2.54. The van der Waals surface area contributed by atoms with Gasteiger partial charge in [-0.15, -0.1) is 11.3 Å². The summed E-state index contributed by atoms with van der Waals surface area (Å²) >= 11 is 1.41. The van der Waals surface area contributed by atoms with E-state index in [9.17, 15) is 5.11 Å². The molecule has 0 radical (unpaired) electrons. The van der Waals surface area contributed by atoms with Crippen molar-refractivity contribution in [1.29, 1.82) is 5.41 Å². The lowest BCUT2D eigenvalue weighted by Crippen LogP contribution is -2.20. The maximum absolute atomic E-state index is 10.1. The molecule has 0 saturated heterocycles. The number of amidine groups is 1. The molecule has 3 rings (SSSR count). The molecule has 2 aromatic rings. The molecule has 0 saturated carbocycles. The highest BCUT2D eigenvalue weighted by molar-refractivity contribution is 7.11. The number of aliphatic hydroxyl groups excluding tert-OH is 1. The zero-order chi connectivity index (χ0) is 14.8. The average Bonchev–Trinajstić information content (AvgIpc) is 3.01. The maximum atomic E-state index is 10.1. The number of rotatable bonds is 3. The predicted octanol–water partition coefficient (Wildman–Crippen LogP) is 2.44. The van der Waals surface area contributed by atoms with Crippen molar-refractivity contribution >= 4 is 29.0 Å². The first-order valence-electron chi connectivity index (χ1n) is 6.30. The summed E-state index contributed by atoms with van der Waals surface area (Å²) in [6.45, 7) is 2.07. The van der Waals surface area contributed by atoms with E-state index >= 15 is 0 Å². The molecule has 0 spiro atoms. The van der Waals surface area contributed by atoms with E-state index in [0.29, 0.717) is 10.6 Å². The number of hydrogen-bond donors (Lipinski definition) is 2. The molecule has 2 aromatic heterocycles. The van der Waals surface area contributed by atoms with Gasteiger partial charge in [-0.1, -0.05) is 0 Å². The van der Waals surface area contributed by atoms with Gasteiger partial charge in [0.15, 0.2) is 5.84 Å². The molecule has 7 heteroatoms. The molecule has 0 aliphatic carbocycles. The molecule has 106 valence electrons. The average molecular weight is 299 g/mol. The highest BCUT2D eigenvalue weighted by atomic mass is 32.1. The number of thiazole rings is 1. The zero-order valence-electron chi connectivity index (χ0n) is 11.3. The van der Waals surface area contributed by atoms with E-state index in [0.717, 1.165) is 11.3 Å². The second-order valence-electron chi connectivity index (χ2n) is 4.55. The zero-order valence-corrected chi connectivity index (χ0v) is 12.1. The third kappa shape index (κ3) is 2.68. The molecule has 1 aliphatic rings. The monoisotopic (exact) mass is 299 g/mol. The molecule has 21 heavy (non-hydrogen) atoms. The molecule has 0 atom stereocenters. The van der Waals surface area contributed by atoms with Gasteiger partial charge in [-0.05, 0) is 24.6 Å². The molecule has 0 bridgehead atoms. The molecule has 3 heterocycles. The topological polar surface area (TPSA) is 85.5 Å². The molecule has 0 amide bonds. The van der Waals surface area contributed by atoms with Crippen LogP contribution in [0, 0.1) is 12.3 Å². The van der Waals surface area contributed by atoms with Gasteiger partial charge in [0.25, 0.3) is 0 Å². The Morgan fingerprint density at radius 2 is 2.19 bits per heavy atom. The van der Waals surface area contributed by atoms with E-state index in [1.54, 1.807) is 18.6 Å². The van der Waals surface area contributed by atoms with E-state index in [2.05, 4.69) is 15.1 Å². The van der Waals surface area contributed by atoms with E-state index in [-0.39, 0.29) is 18.1 Å². The summed E-state index contributed by atoms with van der Waals surface area (Å²) in [5.74, 6) is 0.286. The largest absolute Gasteiger partial charge is 0.509 e. The molecule has 0 aromatic carbocycles. The van der Waals surface area contributed by atoms with Crippen molar-refractivity contribution in [1.82, 2.24) is 15.0 Å². The van der Waals surface area contributed by atoms with Gasteiger partial charge in [-0.3, -0.25) is 10.4 Å². The predicted molar refractivity (Wildman–Crippen MR) is 82.7 cm³/mol. The standard InChI is InChI=1S/C14H13N5OS/c1-9-8-21-14(18-9)12-11(20)7-19(13(12)15)17-6-10-2-4-16-5-3-10/h2-6,8,15,20H,7H2,1H3/b15-13?,17-6-. The van der Waals surface area contributed by atoms with Crippen LogP contribution in [0.3, 0.4) is 0 Å². The first-order valence-corrected chi connectivity index (χ1v) is 7.18. The number of nitrogens with one attached hydrogen (secondary N) is 1. The third-order valence-corrected chi connectivity index (χ3v) is 3.95. The summed E-state index contributed by atoms with van der Waals surface area (Å²) in [6, 6.07) is 3.64. The number of hydrogen-bond acceptors (Lipinski definition) is 6. The van der Waals surface area contributed by atoms with Crippen LogP contribution >= 0.6 is 11.3 Å². The van der Waals surface area contributed by atoms with Gasteiger partial charge in [0, 0.05) is 23.5 Å². The Morgan fingerprint density at radius 3 is 2.86 bits per heavy atom. The molecular weight excluding hydrogens is 286 g/mol. The minimum Gasteiger partial charge on any atom is -0.509 e. The number of hydrazone groups is 1. The Morgan fingerprint density at radius 1 is 1.43 bits per heavy atom. The Labute approximate surface area is 125 Å². The highest BCUT2D eigenvalue weighted by Crippen LogP contribution is 2.29. The number of aliphatic hydroxyl groups is 1. The normalized spacial score (nSPS) is 15.5. The van der Waals surface area contributed by atoms with Crippen molar-refractivity contribution in [2.24, 2.45) is 5.10 Å². The second-order valence-corrected chi connectivity index (χ2v) is 5.41. The smallest absolute Gasteiger partial charge is 0.155 e. The van der Waals surface area contributed by atoms with Crippen molar-refractivity contribution in [2.75, 3.05) is 6.54 Å². The number of nitrogens with zero attached hydrogens (tertiary/aromatic N) is 4. The van der Waals surface area contributed by atoms with Gasteiger partial charge in [0.2, 0.25) is 0 Å². The molecular formula is C14H13N5OS. The fourth-order valence-corrected chi connectivity index (χ4v) is 2.81. The van der Waals surface area contributed by atoms with Gasteiger partial charge in [-0.2, -0.15) is 5.10 Å². The van der Waals surface area contributed by atoms with Crippen LogP contribution in [0.15, 0.2) is 40.8 Å². The second kappa shape index (κ2) is 5.45. The maximum Gasteiger partial charge on any atom is 0.155 e. The fraction of sp³-hybridized carbons (Fsp3) is 0.143. The molecule has 0 unspecified atom stereocenters. The van der Waals surface area contributed by atoms with Gasteiger partial charge in [0.1, 0.15) is 17.3 Å². The summed E-state index contributed by atoms with van der Waals surface area (Å²) in [5.41, 5.74) is 2.22. The van der Waals surface area contributed by atoms with Gasteiger partial charge in [0.05, 0.1) is 11.8 Å². The van der Waals surface area contributed by atoms with Gasteiger partial charge >= 0.3 is 0 Å². The van der Waals surface area contributed by atoms with Crippen LogP contribution in [0.25, 0.3) is 5.57 Å². The molecule has 6 nitrogen and oxygen atoms in total. The minimum absolute atomic E-state index is 0.126. The summed E-state index contributed by atoms with van der Waals surface area (Å²) in [5, 5.41) is 26.5. The van der Waals surface area contributed by atoms with Crippen molar-refractivity contribution in [3.63, 3.8) is 0 Å². The van der Waals surface area contributed by atoms with Crippen LogP contribution in [-0.2, 0) is 0 Å². The van der Waals surface area contributed by atoms with E-state index in [1.807, 2.05) is 24.4 Å². The number of aryl methyl sites for hydroxylation is 1. The fourth-order valence-electron chi connectivity index (χ4n) is 1.94. The quantitative estimate of drug-likeness (QED) is 0.852. The molecule has 1 aliphatic heterocycles. The first kappa shape index (κ1) is 13.4. The Kier molecular flexibility index (Phi) is 3.49. The Bertz CT molecular complexity index is 735. The SMILES string of the molecule is Cc1csc(C2=C(O)CN(/N=C\c3ccncc3)C2=N)n1. The van der Waals surface area contributed by atoms with E-state index in [1.165, 1.54) is 16.3 Å². The van der Waals surface area contributed by atoms with Crippen LogP contribution in [0.1, 0.15) is 16.3 Å². The van der Waals surface area contributed by atoms with E-state index < -0.39 is 0 Å². The van der Waals surface area contributed by atoms with Crippen LogP contribution in [0.5, 0.6) is 0 Å². The van der Waals surface area contributed by atoms with Crippen LogP contribution < -0.4 is 0 Å². The summed E-state index contributed by atoms with van der Waals surface area (Å²) in [4.78, 5) is 8.25. The van der Waals surface area contributed by atoms with Crippen molar-refractivity contribution < 1.29 is 5.11 Å². The number of pyridine rings is 1. The van der Waals surface area contributed by atoms with Crippen molar-refractivity contribution in [3.8, 4) is 0 Å². The van der Waals surface area contributed by atoms with Crippen LogP contribution in [0.4, 0.5) is 0 Å². The van der Waals surface area contributed by atoms with Crippen LogP contribution in [-0.4, -0.2) is 38.7 Å².